The molecular formula is C9H17FO3. The predicted octanol–water partition coefficient (Wildman–Crippen LogP) is 2.07. The van der Waals surface area contributed by atoms with Crippen molar-refractivity contribution >= 4 is 5.97 Å². The van der Waals surface area contributed by atoms with Gasteiger partial charge in [-0.15, -0.1) is 0 Å². The van der Waals surface area contributed by atoms with Crippen LogP contribution in [0.5, 0.6) is 0 Å². The Morgan fingerprint density at radius 1 is 1.38 bits per heavy atom. The Balaban J connectivity index is 0. The van der Waals surface area contributed by atoms with Crippen molar-refractivity contribution in [3.8, 4) is 0 Å². The average molecular weight is 192 g/mol. The number of carbonyl (C=O) groups is 1. The third-order valence-electron chi connectivity index (χ3n) is 0.913. The van der Waals surface area contributed by atoms with Crippen molar-refractivity contribution in [3.05, 3.63) is 12.7 Å². The molecule has 4 heteroatoms. The van der Waals surface area contributed by atoms with E-state index in [1.165, 1.54) is 0 Å². The Morgan fingerprint density at radius 2 is 1.85 bits per heavy atom. The highest BCUT2D eigenvalue weighted by Gasteiger charge is 2.07. The Morgan fingerprint density at radius 3 is 2.15 bits per heavy atom. The van der Waals surface area contributed by atoms with E-state index < -0.39 is 12.3 Å². The van der Waals surface area contributed by atoms with Crippen LogP contribution in [0.15, 0.2) is 12.7 Å². The first-order valence-corrected chi connectivity index (χ1v) is 3.92. The smallest absolute Gasteiger partial charge is 0.332 e. The lowest BCUT2D eigenvalue weighted by molar-refractivity contribution is -0.175. The number of hydrogen-bond donors (Lipinski definition) is 0. The number of alkyl halides is 1. The minimum atomic E-state index is -0.500. The topological polar surface area (TPSA) is 35.5 Å². The maximum Gasteiger partial charge on any atom is 0.332 e. The largest absolute Gasteiger partial charge is 0.433 e. The summed E-state index contributed by atoms with van der Waals surface area (Å²) in [5.41, 5.74) is 0. The molecule has 3 nitrogen and oxygen atoms in total. The summed E-state index contributed by atoms with van der Waals surface area (Å²) >= 11 is 0. The standard InChI is InChI=1S/C8H14O3.CH3F/c1-5-8(9)11-7(4)10-6(2)3;1-2/h5-7H,1H2,2-4H3;1H3. The molecule has 0 aliphatic rings. The molecule has 0 heterocycles. The van der Waals surface area contributed by atoms with Crippen LogP contribution in [0.1, 0.15) is 20.8 Å². The van der Waals surface area contributed by atoms with Crippen molar-refractivity contribution in [1.82, 2.24) is 0 Å². The summed E-state index contributed by atoms with van der Waals surface area (Å²) in [5.74, 6) is -0.460. The summed E-state index contributed by atoms with van der Waals surface area (Å²) < 4.78 is 19.4. The monoisotopic (exact) mass is 192 g/mol. The Bertz CT molecular complexity index is 146. The lowest BCUT2D eigenvalue weighted by Crippen LogP contribution is -2.20. The van der Waals surface area contributed by atoms with Crippen molar-refractivity contribution in [2.45, 2.75) is 33.2 Å². The average Bonchev–Trinajstić information content (AvgIpc) is 2.06. The molecule has 0 aliphatic carbocycles. The number of hydrogen-bond acceptors (Lipinski definition) is 3. The molecule has 0 saturated carbocycles. The van der Waals surface area contributed by atoms with Crippen LogP contribution in [0.4, 0.5) is 4.39 Å². The van der Waals surface area contributed by atoms with E-state index in [4.69, 9.17) is 9.47 Å². The quantitative estimate of drug-likeness (QED) is 0.388. The molecule has 13 heavy (non-hydrogen) atoms. The Hall–Kier alpha value is -0.900. The van der Waals surface area contributed by atoms with Crippen molar-refractivity contribution in [3.63, 3.8) is 0 Å². The van der Waals surface area contributed by atoms with Crippen LogP contribution in [0, 0.1) is 0 Å². The first-order chi connectivity index (χ1) is 6.06. The van der Waals surface area contributed by atoms with Gasteiger partial charge in [0.05, 0.1) is 13.3 Å². The Labute approximate surface area is 78.5 Å². The molecule has 0 aliphatic heterocycles. The summed E-state index contributed by atoms with van der Waals surface area (Å²) in [6.45, 7) is 8.68. The zero-order valence-corrected chi connectivity index (χ0v) is 8.54. The summed E-state index contributed by atoms with van der Waals surface area (Å²) in [4.78, 5) is 10.6. The van der Waals surface area contributed by atoms with Gasteiger partial charge in [0.25, 0.3) is 0 Å². The van der Waals surface area contributed by atoms with Gasteiger partial charge in [-0.1, -0.05) is 6.58 Å². The Kier molecular flexibility index (Phi) is 10.3. The fraction of sp³-hybridized carbons (Fsp3) is 0.667. The van der Waals surface area contributed by atoms with Crippen LogP contribution >= 0.6 is 0 Å². The van der Waals surface area contributed by atoms with Crippen LogP contribution in [0.25, 0.3) is 0 Å². The van der Waals surface area contributed by atoms with E-state index in [2.05, 4.69) is 6.58 Å². The van der Waals surface area contributed by atoms with Gasteiger partial charge in [-0.2, -0.15) is 0 Å². The van der Waals surface area contributed by atoms with Gasteiger partial charge in [0.1, 0.15) is 0 Å². The van der Waals surface area contributed by atoms with Gasteiger partial charge in [0.2, 0.25) is 6.29 Å². The zero-order chi connectivity index (χ0) is 10.9. The first kappa shape index (κ1) is 14.6. The van der Waals surface area contributed by atoms with Gasteiger partial charge < -0.3 is 9.47 Å². The van der Waals surface area contributed by atoms with Gasteiger partial charge in [-0.05, 0) is 20.8 Å². The normalized spacial score (nSPS) is 11.2. The molecule has 0 N–H and O–H groups in total. The maximum absolute atomic E-state index is 10.6. The molecule has 0 bridgehead atoms. The molecule has 0 spiro atoms. The zero-order valence-electron chi connectivity index (χ0n) is 8.54. The third kappa shape index (κ3) is 11.1. The van der Waals surface area contributed by atoms with Crippen LogP contribution in [-0.4, -0.2) is 25.5 Å². The SMILES string of the molecule is C=CC(=O)OC(C)OC(C)C.CF. The second-order valence-electron chi connectivity index (χ2n) is 2.39. The van der Waals surface area contributed by atoms with Gasteiger partial charge in [-0.3, -0.25) is 4.39 Å². The molecule has 0 fully saturated rings. The van der Waals surface area contributed by atoms with Crippen LogP contribution < -0.4 is 0 Å². The number of carbonyl (C=O) groups excluding carboxylic acids is 1. The van der Waals surface area contributed by atoms with Crippen molar-refractivity contribution in [2.24, 2.45) is 0 Å². The fourth-order valence-electron chi connectivity index (χ4n) is 0.623. The minimum absolute atomic E-state index is 0.0580. The molecule has 1 unspecified atom stereocenters. The van der Waals surface area contributed by atoms with E-state index in [9.17, 15) is 9.18 Å². The lowest BCUT2D eigenvalue weighted by atomic mass is 10.5. The van der Waals surface area contributed by atoms with E-state index in [1.54, 1.807) is 6.92 Å². The molecule has 0 aromatic carbocycles. The van der Waals surface area contributed by atoms with Gasteiger partial charge in [-0.25, -0.2) is 4.79 Å². The second-order valence-corrected chi connectivity index (χ2v) is 2.39. The van der Waals surface area contributed by atoms with Crippen LogP contribution in [0.2, 0.25) is 0 Å². The van der Waals surface area contributed by atoms with Crippen molar-refractivity contribution in [2.75, 3.05) is 7.18 Å². The van der Waals surface area contributed by atoms with Crippen molar-refractivity contribution in [1.29, 1.82) is 0 Å². The van der Waals surface area contributed by atoms with E-state index in [0.717, 1.165) is 6.08 Å². The van der Waals surface area contributed by atoms with Crippen LogP contribution in [0.3, 0.4) is 0 Å². The van der Waals surface area contributed by atoms with Crippen LogP contribution in [-0.2, 0) is 14.3 Å². The summed E-state index contributed by atoms with van der Waals surface area (Å²) in [5, 5.41) is 0. The molecule has 0 saturated heterocycles. The lowest BCUT2D eigenvalue weighted by Gasteiger charge is -2.15. The highest BCUT2D eigenvalue weighted by molar-refractivity contribution is 5.81. The van der Waals surface area contributed by atoms with Gasteiger partial charge in [0, 0.05) is 6.08 Å². The number of halogens is 1. The molecule has 0 amide bonds. The van der Waals surface area contributed by atoms with E-state index >= 15 is 0 Å². The van der Waals surface area contributed by atoms with E-state index in [-0.39, 0.29) is 6.10 Å². The predicted molar refractivity (Wildman–Crippen MR) is 49.0 cm³/mol. The molecule has 0 rings (SSSR count). The molecule has 0 aromatic heterocycles. The third-order valence-corrected chi connectivity index (χ3v) is 0.913. The van der Waals surface area contributed by atoms with Gasteiger partial charge >= 0.3 is 5.97 Å². The molecule has 78 valence electrons. The summed E-state index contributed by atoms with van der Waals surface area (Å²) in [6.07, 6.45) is 0.670. The highest BCUT2D eigenvalue weighted by Crippen LogP contribution is 1.98. The molecule has 0 radical (unpaired) electrons. The molecular weight excluding hydrogens is 175 g/mol. The number of rotatable bonds is 4. The number of esters is 1. The van der Waals surface area contributed by atoms with Gasteiger partial charge in [0.15, 0.2) is 0 Å². The van der Waals surface area contributed by atoms with E-state index in [0.29, 0.717) is 7.18 Å². The fourth-order valence-corrected chi connectivity index (χ4v) is 0.623. The minimum Gasteiger partial charge on any atom is -0.433 e. The summed E-state index contributed by atoms with van der Waals surface area (Å²) in [6, 6.07) is 0. The second kappa shape index (κ2) is 9.19. The van der Waals surface area contributed by atoms with E-state index in [1.807, 2.05) is 13.8 Å². The number of ether oxygens (including phenoxy) is 2. The highest BCUT2D eigenvalue weighted by atomic mass is 19.1. The molecule has 0 aromatic rings. The summed E-state index contributed by atoms with van der Waals surface area (Å²) in [7, 11) is 0.500. The molecule has 1 atom stereocenters. The first-order valence-electron chi connectivity index (χ1n) is 3.92. The van der Waals surface area contributed by atoms with Crippen molar-refractivity contribution < 1.29 is 18.7 Å². The maximum atomic E-state index is 10.6.